The number of hydrogen-bond acceptors (Lipinski definition) is 6. The highest BCUT2D eigenvalue weighted by atomic mass is 19.4. The number of aromatic nitrogens is 4. The first kappa shape index (κ1) is 23.8. The highest BCUT2D eigenvalue weighted by molar-refractivity contribution is 5.76. The molecular formula is C23H31F3N8O. The van der Waals surface area contributed by atoms with Crippen LogP contribution in [0.25, 0.3) is 0 Å². The highest BCUT2D eigenvalue weighted by Gasteiger charge is 2.53. The smallest absolute Gasteiger partial charge is 0.337 e. The Morgan fingerprint density at radius 3 is 2.29 bits per heavy atom. The molecule has 1 saturated carbocycles. The van der Waals surface area contributed by atoms with Crippen LogP contribution in [-0.4, -0.2) is 79.7 Å². The summed E-state index contributed by atoms with van der Waals surface area (Å²) in [6.07, 6.45) is 2.89. The fourth-order valence-corrected chi connectivity index (χ4v) is 5.88. The van der Waals surface area contributed by atoms with Crippen molar-refractivity contribution in [2.75, 3.05) is 31.1 Å². The second-order valence-corrected chi connectivity index (χ2v) is 10.4. The van der Waals surface area contributed by atoms with Gasteiger partial charge in [0.1, 0.15) is 5.82 Å². The van der Waals surface area contributed by atoms with E-state index in [-0.39, 0.29) is 30.1 Å². The zero-order chi connectivity index (χ0) is 25.0. The number of piperazine rings is 1. The van der Waals surface area contributed by atoms with Crippen molar-refractivity contribution >= 4 is 12.0 Å². The molecule has 4 heterocycles. The number of hydrogen-bond donors (Lipinski definition) is 1. The molecule has 3 aliphatic rings. The van der Waals surface area contributed by atoms with Crippen molar-refractivity contribution in [3.8, 4) is 0 Å². The molecule has 35 heavy (non-hydrogen) atoms. The van der Waals surface area contributed by atoms with Crippen molar-refractivity contribution in [2.45, 2.75) is 57.5 Å². The minimum atomic E-state index is -4.47. The van der Waals surface area contributed by atoms with E-state index in [1.807, 2.05) is 47.7 Å². The van der Waals surface area contributed by atoms with Crippen LogP contribution < -0.4 is 10.2 Å². The molecule has 2 aromatic rings. The summed E-state index contributed by atoms with van der Waals surface area (Å²) in [5, 5.41) is 3.20. The lowest BCUT2D eigenvalue weighted by molar-refractivity contribution is -0.138. The van der Waals surface area contributed by atoms with Crippen molar-refractivity contribution in [1.82, 2.24) is 34.6 Å². The molecule has 1 N–H and O–H groups in total. The largest absolute Gasteiger partial charge is 0.419 e. The Balaban J connectivity index is 1.10. The summed E-state index contributed by atoms with van der Waals surface area (Å²) in [4.78, 5) is 31.3. The molecular weight excluding hydrogens is 461 g/mol. The van der Waals surface area contributed by atoms with Crippen molar-refractivity contribution in [3.05, 3.63) is 36.2 Å². The van der Waals surface area contributed by atoms with Crippen LogP contribution in [0.5, 0.6) is 0 Å². The van der Waals surface area contributed by atoms with Gasteiger partial charge in [-0.05, 0) is 32.1 Å². The Kier molecular flexibility index (Phi) is 5.89. The Labute approximate surface area is 202 Å². The van der Waals surface area contributed by atoms with Gasteiger partial charge in [-0.3, -0.25) is 4.90 Å². The molecule has 12 heteroatoms. The molecule has 2 aliphatic heterocycles. The van der Waals surface area contributed by atoms with Crippen LogP contribution in [0.2, 0.25) is 0 Å². The lowest BCUT2D eigenvalue weighted by Gasteiger charge is -2.59. The molecule has 3 fully saturated rings. The Hall–Kier alpha value is -2.89. The van der Waals surface area contributed by atoms with Gasteiger partial charge in [-0.25, -0.2) is 19.7 Å². The molecule has 2 aromatic heterocycles. The van der Waals surface area contributed by atoms with E-state index in [1.165, 1.54) is 0 Å². The van der Waals surface area contributed by atoms with Crippen LogP contribution >= 0.6 is 0 Å². The van der Waals surface area contributed by atoms with E-state index in [4.69, 9.17) is 0 Å². The summed E-state index contributed by atoms with van der Waals surface area (Å²) in [5.41, 5.74) is -0.566. The maximum Gasteiger partial charge on any atom is 0.419 e. The minimum Gasteiger partial charge on any atom is -0.337 e. The quantitative estimate of drug-likeness (QED) is 0.707. The van der Waals surface area contributed by atoms with Gasteiger partial charge in [-0.15, -0.1) is 0 Å². The molecule has 0 aromatic carbocycles. The van der Waals surface area contributed by atoms with Gasteiger partial charge in [-0.2, -0.15) is 13.2 Å². The first-order valence-electron chi connectivity index (χ1n) is 11.9. The molecule has 1 spiro atoms. The summed E-state index contributed by atoms with van der Waals surface area (Å²) in [7, 11) is 2.01. The van der Waals surface area contributed by atoms with Crippen molar-refractivity contribution in [3.63, 3.8) is 0 Å². The zero-order valence-electron chi connectivity index (χ0n) is 20.2. The van der Waals surface area contributed by atoms with Gasteiger partial charge in [0.25, 0.3) is 0 Å². The lowest BCUT2D eigenvalue weighted by atomic mass is 9.60. The van der Waals surface area contributed by atoms with E-state index < -0.39 is 11.7 Å². The number of imidazole rings is 1. The number of nitrogens with one attached hydrogen (secondary N) is 1. The number of likely N-dealkylation sites (tertiary alicyclic amines) is 1. The second-order valence-electron chi connectivity index (χ2n) is 10.4. The van der Waals surface area contributed by atoms with E-state index >= 15 is 0 Å². The van der Waals surface area contributed by atoms with Gasteiger partial charge in [0.2, 0.25) is 5.95 Å². The number of carbonyl (C=O) groups is 1. The number of urea groups is 1. The number of rotatable bonds is 4. The van der Waals surface area contributed by atoms with Gasteiger partial charge in [0.05, 0.1) is 12.1 Å². The SMILES string of the molecule is C[C@@H]1CN(c2ncc(C(F)(F)F)cn2)C[C@H](C)N1C(=O)NC1CC2(C1)CN(Cc1nccn1C)C2. The maximum absolute atomic E-state index is 13.1. The van der Waals surface area contributed by atoms with Gasteiger partial charge < -0.3 is 19.7 Å². The lowest BCUT2D eigenvalue weighted by Crippen LogP contribution is -2.68. The number of alkyl halides is 3. The number of carbonyl (C=O) groups excluding carboxylic acids is 1. The highest BCUT2D eigenvalue weighted by Crippen LogP contribution is 2.48. The predicted octanol–water partition coefficient (Wildman–Crippen LogP) is 2.50. The van der Waals surface area contributed by atoms with Gasteiger partial charge in [0, 0.05) is 76.1 Å². The molecule has 9 nitrogen and oxygen atoms in total. The molecule has 5 rings (SSSR count). The normalized spacial score (nSPS) is 24.9. The number of anilines is 1. The van der Waals surface area contributed by atoms with E-state index in [0.29, 0.717) is 18.5 Å². The minimum absolute atomic E-state index is 0.0815. The first-order chi connectivity index (χ1) is 16.5. The maximum atomic E-state index is 13.1. The fourth-order valence-electron chi connectivity index (χ4n) is 5.88. The predicted molar refractivity (Wildman–Crippen MR) is 122 cm³/mol. The van der Waals surface area contributed by atoms with Crippen LogP contribution in [0.4, 0.5) is 23.9 Å². The zero-order valence-corrected chi connectivity index (χ0v) is 20.2. The van der Waals surface area contributed by atoms with E-state index in [0.717, 1.165) is 50.7 Å². The standard InChI is InChI=1S/C23H31F3N8O/c1-15-10-33(20-28-8-17(9-29-20)23(24,25)26)11-16(2)34(15)21(35)30-18-6-22(7-18)13-32(14-22)12-19-27-4-5-31(19)3/h4-5,8-9,15-16,18H,6-7,10-14H2,1-3H3,(H,30,35)/t15-,16+. The topological polar surface area (TPSA) is 82.4 Å². The number of nitrogens with zero attached hydrogens (tertiary/aromatic N) is 7. The summed E-state index contributed by atoms with van der Waals surface area (Å²) >= 11 is 0. The van der Waals surface area contributed by atoms with Crippen molar-refractivity contribution in [1.29, 1.82) is 0 Å². The fraction of sp³-hybridized carbons (Fsp3) is 0.652. The van der Waals surface area contributed by atoms with Crippen molar-refractivity contribution < 1.29 is 18.0 Å². The molecule has 2 saturated heterocycles. The first-order valence-corrected chi connectivity index (χ1v) is 11.9. The summed E-state index contributed by atoms with van der Waals surface area (Å²) in [6, 6.07) is -0.165. The second kappa shape index (κ2) is 8.65. The number of halogens is 3. The van der Waals surface area contributed by atoms with Crippen LogP contribution in [0.15, 0.2) is 24.8 Å². The van der Waals surface area contributed by atoms with Crippen LogP contribution in [0, 0.1) is 5.41 Å². The summed E-state index contributed by atoms with van der Waals surface area (Å²) in [6.45, 7) is 7.71. The average Bonchev–Trinajstić information content (AvgIpc) is 3.14. The molecule has 2 atom stereocenters. The van der Waals surface area contributed by atoms with Crippen LogP contribution in [0.1, 0.15) is 38.1 Å². The Bertz CT molecular complexity index is 1050. The Morgan fingerprint density at radius 2 is 1.74 bits per heavy atom. The Morgan fingerprint density at radius 1 is 1.11 bits per heavy atom. The van der Waals surface area contributed by atoms with Gasteiger partial charge in [-0.1, -0.05) is 0 Å². The third-order valence-electron chi connectivity index (χ3n) is 7.49. The van der Waals surface area contributed by atoms with Gasteiger partial charge >= 0.3 is 12.2 Å². The molecule has 0 unspecified atom stereocenters. The molecule has 190 valence electrons. The summed E-state index contributed by atoms with van der Waals surface area (Å²) in [5.74, 6) is 1.31. The molecule has 1 aliphatic carbocycles. The third-order valence-corrected chi connectivity index (χ3v) is 7.49. The van der Waals surface area contributed by atoms with E-state index in [2.05, 4.69) is 25.2 Å². The van der Waals surface area contributed by atoms with Gasteiger partial charge in [0.15, 0.2) is 0 Å². The van der Waals surface area contributed by atoms with E-state index in [9.17, 15) is 18.0 Å². The van der Waals surface area contributed by atoms with E-state index in [1.54, 1.807) is 0 Å². The monoisotopic (exact) mass is 492 g/mol. The average molecular weight is 493 g/mol. The number of amides is 2. The van der Waals surface area contributed by atoms with Crippen LogP contribution in [0.3, 0.4) is 0 Å². The summed E-state index contributed by atoms with van der Waals surface area (Å²) < 4.78 is 40.4. The molecule has 2 amide bonds. The molecule has 0 bridgehead atoms. The van der Waals surface area contributed by atoms with Crippen molar-refractivity contribution in [2.24, 2.45) is 12.5 Å². The number of aryl methyl sites for hydroxylation is 1. The van der Waals surface area contributed by atoms with Crippen LogP contribution in [-0.2, 0) is 19.8 Å². The molecule has 0 radical (unpaired) electrons. The third kappa shape index (κ3) is 4.67.